The summed E-state index contributed by atoms with van der Waals surface area (Å²) in [4.78, 5) is -0.263. The molecule has 0 amide bonds. The van der Waals surface area contributed by atoms with Gasteiger partial charge in [0.05, 0.1) is 11.5 Å². The summed E-state index contributed by atoms with van der Waals surface area (Å²) in [6, 6.07) is 22.8. The molecule has 0 radical (unpaired) electrons. The summed E-state index contributed by atoms with van der Waals surface area (Å²) < 4.78 is 37.2. The van der Waals surface area contributed by atoms with Gasteiger partial charge in [0, 0.05) is 0 Å². The van der Waals surface area contributed by atoms with E-state index in [2.05, 4.69) is 0 Å². The summed E-state index contributed by atoms with van der Waals surface area (Å²) >= 11 is 0. The number of benzene rings is 3. The second-order valence-electron chi connectivity index (χ2n) is 6.79. The Labute approximate surface area is 183 Å². The van der Waals surface area contributed by atoms with Crippen molar-refractivity contribution in [2.45, 2.75) is 25.3 Å². The summed E-state index contributed by atoms with van der Waals surface area (Å²) in [5.41, 5.74) is 2.72. The minimum absolute atomic E-state index is 0.0750. The predicted molar refractivity (Wildman–Crippen MR) is 120 cm³/mol. The Morgan fingerprint density at radius 2 is 1.68 bits per heavy atom. The van der Waals surface area contributed by atoms with Gasteiger partial charge >= 0.3 is 0 Å². The molecule has 0 saturated heterocycles. The van der Waals surface area contributed by atoms with Crippen LogP contribution >= 0.6 is 0 Å². The number of rotatable bonds is 8. The van der Waals surface area contributed by atoms with E-state index in [9.17, 15) is 13.7 Å². The standard InChI is InChI=1S/C25H23NO4S/c1-3-29-25-16-20(13-14-24(25)30-18-21-10-8-7-9-19(21)2)15-23(17-26)31(27,28)22-11-5-4-6-12-22/h4-16H,3,18H2,1-2H3/b23-15-. The van der Waals surface area contributed by atoms with E-state index < -0.39 is 9.84 Å². The molecule has 6 heteroatoms. The lowest BCUT2D eigenvalue weighted by molar-refractivity contribution is 0.269. The summed E-state index contributed by atoms with van der Waals surface area (Å²) in [5.74, 6) is 1.03. The van der Waals surface area contributed by atoms with Gasteiger partial charge in [0.15, 0.2) is 11.5 Å². The first-order valence-electron chi connectivity index (χ1n) is 9.81. The largest absolute Gasteiger partial charge is 0.490 e. The topological polar surface area (TPSA) is 76.4 Å². The zero-order valence-electron chi connectivity index (χ0n) is 17.4. The summed E-state index contributed by atoms with van der Waals surface area (Å²) in [5, 5.41) is 9.49. The van der Waals surface area contributed by atoms with Gasteiger partial charge in [-0.2, -0.15) is 5.26 Å². The van der Waals surface area contributed by atoms with Gasteiger partial charge in [-0.1, -0.05) is 48.5 Å². The van der Waals surface area contributed by atoms with Gasteiger partial charge in [-0.3, -0.25) is 0 Å². The average molecular weight is 434 g/mol. The quantitative estimate of drug-likeness (QED) is 0.450. The van der Waals surface area contributed by atoms with Gasteiger partial charge in [0.2, 0.25) is 9.84 Å². The van der Waals surface area contributed by atoms with Crippen molar-refractivity contribution in [2.75, 3.05) is 6.61 Å². The van der Waals surface area contributed by atoms with Crippen molar-refractivity contribution < 1.29 is 17.9 Å². The molecule has 0 unspecified atom stereocenters. The summed E-state index contributed by atoms with van der Waals surface area (Å²) in [6.07, 6.45) is 1.34. The van der Waals surface area contributed by atoms with E-state index in [-0.39, 0.29) is 9.80 Å². The molecule has 158 valence electrons. The van der Waals surface area contributed by atoms with Crippen LogP contribution in [-0.2, 0) is 16.4 Å². The van der Waals surface area contributed by atoms with E-state index in [1.165, 1.54) is 18.2 Å². The van der Waals surface area contributed by atoms with Crippen LogP contribution in [0.1, 0.15) is 23.6 Å². The second-order valence-corrected chi connectivity index (χ2v) is 8.71. The number of sulfone groups is 1. The van der Waals surface area contributed by atoms with E-state index in [1.54, 1.807) is 36.4 Å². The van der Waals surface area contributed by atoms with Crippen molar-refractivity contribution >= 4 is 15.9 Å². The number of aryl methyl sites for hydroxylation is 1. The highest BCUT2D eigenvalue weighted by Crippen LogP contribution is 2.31. The van der Waals surface area contributed by atoms with Gasteiger partial charge in [-0.25, -0.2) is 8.42 Å². The minimum atomic E-state index is -3.91. The number of allylic oxidation sites excluding steroid dienone is 1. The Morgan fingerprint density at radius 1 is 0.968 bits per heavy atom. The van der Waals surface area contributed by atoms with Gasteiger partial charge < -0.3 is 9.47 Å². The van der Waals surface area contributed by atoms with Crippen LogP contribution in [0, 0.1) is 18.3 Å². The number of nitrogens with zero attached hydrogens (tertiary/aromatic N) is 1. The Hall–Kier alpha value is -3.56. The molecular formula is C25H23NO4S. The number of hydrogen-bond donors (Lipinski definition) is 0. The molecule has 0 aliphatic heterocycles. The molecular weight excluding hydrogens is 410 g/mol. The minimum Gasteiger partial charge on any atom is -0.490 e. The van der Waals surface area contributed by atoms with Crippen molar-refractivity contribution in [3.05, 3.63) is 94.4 Å². The molecule has 5 nitrogen and oxygen atoms in total. The Balaban J connectivity index is 1.90. The van der Waals surface area contributed by atoms with E-state index in [1.807, 2.05) is 44.2 Å². The lowest BCUT2D eigenvalue weighted by Crippen LogP contribution is -2.03. The summed E-state index contributed by atoms with van der Waals surface area (Å²) in [7, 11) is -3.91. The molecule has 3 rings (SSSR count). The van der Waals surface area contributed by atoms with Gasteiger partial charge in [-0.15, -0.1) is 0 Å². The smallest absolute Gasteiger partial charge is 0.216 e. The van der Waals surface area contributed by atoms with Crippen LogP contribution in [0.4, 0.5) is 0 Å². The molecule has 3 aromatic carbocycles. The van der Waals surface area contributed by atoms with E-state index in [0.717, 1.165) is 11.1 Å². The van der Waals surface area contributed by atoms with Crippen LogP contribution in [0.3, 0.4) is 0 Å². The first kappa shape index (κ1) is 22.1. The monoisotopic (exact) mass is 433 g/mol. The fourth-order valence-electron chi connectivity index (χ4n) is 2.98. The number of hydrogen-bond acceptors (Lipinski definition) is 5. The van der Waals surface area contributed by atoms with Crippen molar-refractivity contribution in [2.24, 2.45) is 0 Å². The van der Waals surface area contributed by atoms with Crippen LogP contribution in [0.5, 0.6) is 11.5 Å². The van der Waals surface area contributed by atoms with Crippen LogP contribution < -0.4 is 9.47 Å². The highest BCUT2D eigenvalue weighted by molar-refractivity contribution is 7.95. The third-order valence-electron chi connectivity index (χ3n) is 4.66. The molecule has 0 spiro atoms. The lowest BCUT2D eigenvalue weighted by atomic mass is 10.1. The predicted octanol–water partition coefficient (Wildman–Crippen LogP) is 5.31. The Morgan fingerprint density at radius 3 is 2.35 bits per heavy atom. The molecule has 3 aromatic rings. The number of ether oxygens (including phenoxy) is 2. The average Bonchev–Trinajstić information content (AvgIpc) is 2.78. The third-order valence-corrected chi connectivity index (χ3v) is 6.34. The molecule has 0 heterocycles. The molecule has 0 fully saturated rings. The molecule has 0 aliphatic carbocycles. The third kappa shape index (κ3) is 5.33. The maximum Gasteiger partial charge on any atom is 0.216 e. The highest BCUT2D eigenvalue weighted by Gasteiger charge is 2.20. The van der Waals surface area contributed by atoms with Crippen molar-refractivity contribution in [3.63, 3.8) is 0 Å². The van der Waals surface area contributed by atoms with Crippen LogP contribution in [-0.4, -0.2) is 15.0 Å². The molecule has 0 aromatic heterocycles. The van der Waals surface area contributed by atoms with Crippen molar-refractivity contribution in [1.29, 1.82) is 5.26 Å². The van der Waals surface area contributed by atoms with Crippen molar-refractivity contribution in [1.82, 2.24) is 0 Å². The SMILES string of the molecule is CCOc1cc(/C=C(/C#N)S(=O)(=O)c2ccccc2)ccc1OCc1ccccc1C. The maximum atomic E-state index is 12.8. The lowest BCUT2D eigenvalue weighted by Gasteiger charge is -2.14. The first-order chi connectivity index (χ1) is 15.0. The molecule has 31 heavy (non-hydrogen) atoms. The first-order valence-corrected chi connectivity index (χ1v) is 11.3. The Kier molecular flexibility index (Phi) is 7.11. The molecule has 0 bridgehead atoms. The zero-order chi connectivity index (χ0) is 22.3. The second kappa shape index (κ2) is 9.96. The molecule has 0 aliphatic rings. The molecule has 0 N–H and O–H groups in total. The van der Waals surface area contributed by atoms with E-state index in [0.29, 0.717) is 30.3 Å². The van der Waals surface area contributed by atoms with Gasteiger partial charge in [-0.05, 0) is 60.9 Å². The van der Waals surface area contributed by atoms with E-state index in [4.69, 9.17) is 9.47 Å². The summed E-state index contributed by atoms with van der Waals surface area (Å²) in [6.45, 7) is 4.68. The van der Waals surface area contributed by atoms with Crippen LogP contribution in [0.25, 0.3) is 6.08 Å². The van der Waals surface area contributed by atoms with Gasteiger partial charge in [0.1, 0.15) is 17.6 Å². The number of nitriles is 1. The maximum absolute atomic E-state index is 12.8. The molecule has 0 atom stereocenters. The van der Waals surface area contributed by atoms with Crippen molar-refractivity contribution in [3.8, 4) is 17.6 Å². The zero-order valence-corrected chi connectivity index (χ0v) is 18.2. The fraction of sp³-hybridized carbons (Fsp3) is 0.160. The fourth-order valence-corrected chi connectivity index (χ4v) is 4.16. The molecule has 0 saturated carbocycles. The normalized spacial score (nSPS) is 11.6. The van der Waals surface area contributed by atoms with Crippen LogP contribution in [0.15, 0.2) is 82.6 Å². The van der Waals surface area contributed by atoms with E-state index >= 15 is 0 Å². The van der Waals surface area contributed by atoms with Gasteiger partial charge in [0.25, 0.3) is 0 Å². The highest BCUT2D eigenvalue weighted by atomic mass is 32.2. The van der Waals surface area contributed by atoms with Crippen LogP contribution in [0.2, 0.25) is 0 Å². The Bertz CT molecular complexity index is 1230.